The highest BCUT2D eigenvalue weighted by atomic mass is 35.5. The Morgan fingerprint density at radius 2 is 1.86 bits per heavy atom. The summed E-state index contributed by atoms with van der Waals surface area (Å²) in [7, 11) is 0. The van der Waals surface area contributed by atoms with Crippen molar-refractivity contribution in [1.82, 2.24) is 0 Å². The van der Waals surface area contributed by atoms with Gasteiger partial charge in [0.25, 0.3) is 0 Å². The van der Waals surface area contributed by atoms with Gasteiger partial charge in [-0.25, -0.2) is 4.79 Å². The van der Waals surface area contributed by atoms with E-state index in [1.54, 1.807) is 36.4 Å². The first-order chi connectivity index (χ1) is 10.5. The Kier molecular flexibility index (Phi) is 3.69. The minimum absolute atomic E-state index is 0.186. The van der Waals surface area contributed by atoms with Gasteiger partial charge in [-0.2, -0.15) is 0 Å². The Bertz CT molecular complexity index is 931. The van der Waals surface area contributed by atoms with Crippen LogP contribution in [-0.4, -0.2) is 5.91 Å². The lowest BCUT2D eigenvalue weighted by Crippen LogP contribution is -2.06. The second-order valence-electron chi connectivity index (χ2n) is 4.86. The summed E-state index contributed by atoms with van der Waals surface area (Å²) in [5.74, 6) is -0.186. The molecular weight excluding hydrogens is 302 g/mol. The van der Waals surface area contributed by atoms with E-state index in [0.29, 0.717) is 27.4 Å². The Morgan fingerprint density at radius 3 is 2.59 bits per heavy atom. The molecule has 0 aliphatic heterocycles. The second kappa shape index (κ2) is 5.66. The largest absolute Gasteiger partial charge is 0.422 e. The van der Waals surface area contributed by atoms with E-state index in [-0.39, 0.29) is 5.91 Å². The summed E-state index contributed by atoms with van der Waals surface area (Å²) in [4.78, 5) is 23.2. The van der Waals surface area contributed by atoms with Crippen molar-refractivity contribution in [3.63, 3.8) is 0 Å². The molecule has 0 saturated carbocycles. The maximum atomic E-state index is 12.2. The number of para-hydroxylation sites is 1. The highest BCUT2D eigenvalue weighted by Crippen LogP contribution is 2.30. The molecule has 1 N–H and O–H groups in total. The molecule has 3 aromatic rings. The van der Waals surface area contributed by atoms with Gasteiger partial charge in [0.05, 0.1) is 10.6 Å². The molecule has 0 aliphatic carbocycles. The first-order valence-corrected chi connectivity index (χ1v) is 7.03. The first-order valence-electron chi connectivity index (χ1n) is 6.65. The zero-order valence-electron chi connectivity index (χ0n) is 11.7. The lowest BCUT2D eigenvalue weighted by molar-refractivity contribution is -0.114. The summed E-state index contributed by atoms with van der Waals surface area (Å²) in [5.41, 5.74) is 1.61. The number of halogens is 1. The summed E-state index contributed by atoms with van der Waals surface area (Å²) in [5, 5.41) is 3.83. The average molecular weight is 314 g/mol. The zero-order chi connectivity index (χ0) is 15.7. The summed E-state index contributed by atoms with van der Waals surface area (Å²) in [6.07, 6.45) is 0. The van der Waals surface area contributed by atoms with Crippen LogP contribution in [-0.2, 0) is 4.79 Å². The van der Waals surface area contributed by atoms with Gasteiger partial charge in [0.2, 0.25) is 5.91 Å². The van der Waals surface area contributed by atoms with Gasteiger partial charge in [-0.1, -0.05) is 35.9 Å². The maximum Gasteiger partial charge on any atom is 0.344 e. The van der Waals surface area contributed by atoms with Crippen LogP contribution in [0.1, 0.15) is 6.92 Å². The minimum atomic E-state index is -0.451. The predicted octanol–water partition coefficient (Wildman–Crippen LogP) is 4.07. The average Bonchev–Trinajstić information content (AvgIpc) is 2.46. The number of carbonyl (C=O) groups is 1. The number of carbonyl (C=O) groups excluding carboxylic acids is 1. The second-order valence-corrected chi connectivity index (χ2v) is 5.27. The predicted molar refractivity (Wildman–Crippen MR) is 87.2 cm³/mol. The fraction of sp³-hybridized carbons (Fsp3) is 0.0588. The molecule has 5 heteroatoms. The van der Waals surface area contributed by atoms with Gasteiger partial charge in [-0.3, -0.25) is 4.79 Å². The highest BCUT2D eigenvalue weighted by molar-refractivity contribution is 6.33. The number of anilines is 1. The third-order valence-corrected chi connectivity index (χ3v) is 3.53. The smallest absolute Gasteiger partial charge is 0.344 e. The van der Waals surface area contributed by atoms with E-state index in [9.17, 15) is 9.59 Å². The zero-order valence-corrected chi connectivity index (χ0v) is 12.5. The summed E-state index contributed by atoms with van der Waals surface area (Å²) in [6.45, 7) is 1.42. The summed E-state index contributed by atoms with van der Waals surface area (Å²) < 4.78 is 5.31. The number of hydrogen-bond donors (Lipinski definition) is 1. The van der Waals surface area contributed by atoms with Gasteiger partial charge in [0, 0.05) is 23.6 Å². The van der Waals surface area contributed by atoms with Crippen molar-refractivity contribution in [3.05, 3.63) is 64.0 Å². The van der Waals surface area contributed by atoms with E-state index in [1.807, 2.05) is 12.1 Å². The molecule has 1 aromatic heterocycles. The Labute approximate surface area is 131 Å². The van der Waals surface area contributed by atoms with Crippen LogP contribution < -0.4 is 10.9 Å². The molecular formula is C17H12ClNO3. The van der Waals surface area contributed by atoms with Crippen molar-refractivity contribution < 1.29 is 9.21 Å². The maximum absolute atomic E-state index is 12.2. The third-order valence-electron chi connectivity index (χ3n) is 3.22. The number of nitrogens with one attached hydrogen (secondary N) is 1. The molecule has 0 aliphatic rings. The number of rotatable bonds is 2. The normalized spacial score (nSPS) is 10.6. The van der Waals surface area contributed by atoms with Crippen LogP contribution in [0.15, 0.2) is 57.7 Å². The number of benzene rings is 2. The SMILES string of the molecule is CC(=O)Nc1ccc(-c2cc3ccccc3oc2=O)c(Cl)c1. The molecule has 4 nitrogen and oxygen atoms in total. The number of amides is 1. The lowest BCUT2D eigenvalue weighted by Gasteiger charge is -2.07. The van der Waals surface area contributed by atoms with Crippen LogP contribution in [0.3, 0.4) is 0 Å². The van der Waals surface area contributed by atoms with Crippen molar-refractivity contribution in [2.45, 2.75) is 6.92 Å². The molecule has 0 atom stereocenters. The molecule has 0 bridgehead atoms. The Hall–Kier alpha value is -2.59. The quantitative estimate of drug-likeness (QED) is 0.725. The molecule has 110 valence electrons. The number of hydrogen-bond acceptors (Lipinski definition) is 3. The molecule has 0 unspecified atom stereocenters. The van der Waals surface area contributed by atoms with Crippen LogP contribution in [0.2, 0.25) is 5.02 Å². The van der Waals surface area contributed by atoms with E-state index < -0.39 is 5.63 Å². The monoisotopic (exact) mass is 313 g/mol. The molecule has 1 heterocycles. The number of fused-ring (bicyclic) bond motifs is 1. The molecule has 2 aromatic carbocycles. The molecule has 1 amide bonds. The topological polar surface area (TPSA) is 59.3 Å². The standard InChI is InChI=1S/C17H12ClNO3/c1-10(20)19-12-6-7-13(15(18)9-12)14-8-11-4-2-3-5-16(11)22-17(14)21/h2-9H,1H3,(H,19,20). The van der Waals surface area contributed by atoms with Gasteiger partial charge in [-0.05, 0) is 24.3 Å². The Balaban J connectivity index is 2.13. The molecule has 22 heavy (non-hydrogen) atoms. The Morgan fingerprint density at radius 1 is 1.09 bits per heavy atom. The van der Waals surface area contributed by atoms with E-state index in [0.717, 1.165) is 5.39 Å². The van der Waals surface area contributed by atoms with E-state index in [2.05, 4.69) is 5.32 Å². The van der Waals surface area contributed by atoms with Gasteiger partial charge >= 0.3 is 5.63 Å². The molecule has 0 radical (unpaired) electrons. The fourth-order valence-electron chi connectivity index (χ4n) is 2.26. The van der Waals surface area contributed by atoms with Crippen molar-refractivity contribution in [2.75, 3.05) is 5.32 Å². The third kappa shape index (κ3) is 2.73. The fourth-order valence-corrected chi connectivity index (χ4v) is 2.55. The van der Waals surface area contributed by atoms with Gasteiger partial charge in [-0.15, -0.1) is 0 Å². The summed E-state index contributed by atoms with van der Waals surface area (Å²) >= 11 is 6.24. The van der Waals surface area contributed by atoms with Gasteiger partial charge in [0.1, 0.15) is 5.58 Å². The van der Waals surface area contributed by atoms with Crippen molar-refractivity contribution in [1.29, 1.82) is 0 Å². The molecule has 0 saturated heterocycles. The van der Waals surface area contributed by atoms with Crippen molar-refractivity contribution in [2.24, 2.45) is 0 Å². The van der Waals surface area contributed by atoms with Gasteiger partial charge in [0.15, 0.2) is 0 Å². The van der Waals surface area contributed by atoms with Crippen LogP contribution in [0, 0.1) is 0 Å². The van der Waals surface area contributed by atoms with Gasteiger partial charge < -0.3 is 9.73 Å². The van der Waals surface area contributed by atoms with E-state index >= 15 is 0 Å². The van der Waals surface area contributed by atoms with Crippen LogP contribution in [0.4, 0.5) is 5.69 Å². The van der Waals surface area contributed by atoms with Crippen molar-refractivity contribution in [3.8, 4) is 11.1 Å². The van der Waals surface area contributed by atoms with Crippen LogP contribution >= 0.6 is 11.6 Å². The minimum Gasteiger partial charge on any atom is -0.422 e. The molecule has 0 spiro atoms. The molecule has 3 rings (SSSR count). The summed E-state index contributed by atoms with van der Waals surface area (Å²) in [6, 6.07) is 14.0. The highest BCUT2D eigenvalue weighted by Gasteiger charge is 2.11. The van der Waals surface area contributed by atoms with E-state index in [1.165, 1.54) is 6.92 Å². The first kappa shape index (κ1) is 14.4. The van der Waals surface area contributed by atoms with E-state index in [4.69, 9.17) is 16.0 Å². The van der Waals surface area contributed by atoms with Crippen LogP contribution in [0.5, 0.6) is 0 Å². The van der Waals surface area contributed by atoms with Crippen molar-refractivity contribution >= 4 is 34.2 Å². The lowest BCUT2D eigenvalue weighted by atomic mass is 10.1. The molecule has 0 fully saturated rings. The van der Waals surface area contributed by atoms with Crippen LogP contribution in [0.25, 0.3) is 22.1 Å².